The van der Waals surface area contributed by atoms with E-state index < -0.39 is 18.1 Å². The molecule has 2 aliphatic rings. The number of benzene rings is 1. The van der Waals surface area contributed by atoms with E-state index in [4.69, 9.17) is 23.2 Å². The van der Waals surface area contributed by atoms with Crippen LogP contribution in [0.4, 0.5) is 10.5 Å². The lowest BCUT2D eigenvalue weighted by atomic mass is 10.1. The van der Waals surface area contributed by atoms with E-state index in [1.54, 1.807) is 23.1 Å². The van der Waals surface area contributed by atoms with Crippen molar-refractivity contribution in [3.8, 4) is 0 Å². The van der Waals surface area contributed by atoms with Crippen LogP contribution < -0.4 is 16.0 Å². The Kier molecular flexibility index (Phi) is 5.06. The largest absolute Gasteiger partial charge is 0.343 e. The molecule has 0 bridgehead atoms. The van der Waals surface area contributed by atoms with Crippen LogP contribution in [0.25, 0.3) is 0 Å². The fourth-order valence-corrected chi connectivity index (χ4v) is 3.51. The Labute approximate surface area is 155 Å². The van der Waals surface area contributed by atoms with Gasteiger partial charge in [-0.2, -0.15) is 0 Å². The van der Waals surface area contributed by atoms with E-state index in [0.29, 0.717) is 35.1 Å². The van der Waals surface area contributed by atoms with Gasteiger partial charge in [0.05, 0.1) is 16.8 Å². The van der Waals surface area contributed by atoms with Crippen LogP contribution in [0.5, 0.6) is 0 Å². The van der Waals surface area contributed by atoms with E-state index >= 15 is 0 Å². The molecule has 0 unspecified atom stereocenters. The van der Waals surface area contributed by atoms with Gasteiger partial charge in [0.1, 0.15) is 12.1 Å². The molecule has 7 nitrogen and oxygen atoms in total. The summed E-state index contributed by atoms with van der Waals surface area (Å²) < 4.78 is 0. The summed E-state index contributed by atoms with van der Waals surface area (Å²) >= 11 is 11.9. The molecule has 0 aliphatic carbocycles. The summed E-state index contributed by atoms with van der Waals surface area (Å²) in [5.74, 6) is -0.274. The standard InChI is InChI=1S/C16H18Cl2N4O3/c1-2-11-15(24)22-7-9(6-13(22)14(23)20-11)19-16(25)21-12-5-8(17)3-4-10(12)18/h3-5,9,11,13H,2,6-7H2,1H3,(H,20,23)(H2,19,21,25)/t9-,11-,13-/m0/s1. The number of urea groups is 1. The maximum atomic E-state index is 12.3. The second-order valence-electron chi connectivity index (χ2n) is 6.13. The van der Waals surface area contributed by atoms with Crippen molar-refractivity contribution < 1.29 is 14.4 Å². The zero-order valence-corrected chi connectivity index (χ0v) is 15.0. The first-order valence-corrected chi connectivity index (χ1v) is 8.78. The lowest BCUT2D eigenvalue weighted by Gasteiger charge is -2.33. The number of carbonyl (C=O) groups excluding carboxylic acids is 3. The van der Waals surface area contributed by atoms with Crippen molar-refractivity contribution in [3.63, 3.8) is 0 Å². The Balaban J connectivity index is 1.63. The van der Waals surface area contributed by atoms with Crippen LogP contribution in [0.2, 0.25) is 10.0 Å². The van der Waals surface area contributed by atoms with Gasteiger partial charge < -0.3 is 20.9 Å². The number of hydrogen-bond acceptors (Lipinski definition) is 3. The van der Waals surface area contributed by atoms with Gasteiger partial charge in [0.25, 0.3) is 0 Å². The minimum Gasteiger partial charge on any atom is -0.343 e. The van der Waals surface area contributed by atoms with Crippen molar-refractivity contribution in [2.75, 3.05) is 11.9 Å². The Morgan fingerprint density at radius 1 is 1.36 bits per heavy atom. The van der Waals surface area contributed by atoms with Crippen LogP contribution in [-0.2, 0) is 9.59 Å². The molecule has 3 N–H and O–H groups in total. The van der Waals surface area contributed by atoms with Crippen molar-refractivity contribution in [3.05, 3.63) is 28.2 Å². The molecule has 25 heavy (non-hydrogen) atoms. The molecule has 0 radical (unpaired) electrons. The predicted octanol–water partition coefficient (Wildman–Crippen LogP) is 1.99. The van der Waals surface area contributed by atoms with Crippen molar-refractivity contribution in [2.45, 2.75) is 37.9 Å². The van der Waals surface area contributed by atoms with Crippen molar-refractivity contribution in [1.29, 1.82) is 0 Å². The van der Waals surface area contributed by atoms with E-state index in [1.165, 1.54) is 0 Å². The monoisotopic (exact) mass is 384 g/mol. The normalized spacial score (nSPS) is 25.4. The van der Waals surface area contributed by atoms with E-state index in [2.05, 4.69) is 16.0 Å². The van der Waals surface area contributed by atoms with Crippen LogP contribution in [0, 0.1) is 0 Å². The Morgan fingerprint density at radius 3 is 2.84 bits per heavy atom. The van der Waals surface area contributed by atoms with Gasteiger partial charge in [-0.05, 0) is 31.0 Å². The highest BCUT2D eigenvalue weighted by Gasteiger charge is 2.46. The van der Waals surface area contributed by atoms with E-state index in [-0.39, 0.29) is 17.9 Å². The summed E-state index contributed by atoms with van der Waals surface area (Å²) in [4.78, 5) is 38.2. The van der Waals surface area contributed by atoms with Crippen molar-refractivity contribution in [2.24, 2.45) is 0 Å². The fraction of sp³-hybridized carbons (Fsp3) is 0.438. The van der Waals surface area contributed by atoms with Gasteiger partial charge in [0.15, 0.2) is 0 Å². The summed E-state index contributed by atoms with van der Waals surface area (Å²) in [6, 6.07) is 2.96. The predicted molar refractivity (Wildman–Crippen MR) is 94.7 cm³/mol. The number of piperazine rings is 1. The third kappa shape index (κ3) is 3.67. The average Bonchev–Trinajstić information content (AvgIpc) is 2.98. The number of hydrogen-bond donors (Lipinski definition) is 3. The van der Waals surface area contributed by atoms with Gasteiger partial charge in [-0.3, -0.25) is 9.59 Å². The number of amides is 4. The minimum atomic E-state index is -0.532. The zero-order valence-electron chi connectivity index (χ0n) is 13.5. The lowest BCUT2D eigenvalue weighted by molar-refractivity contribution is -0.147. The number of nitrogens with one attached hydrogen (secondary N) is 3. The first-order valence-electron chi connectivity index (χ1n) is 8.02. The van der Waals surface area contributed by atoms with Gasteiger partial charge in [0.2, 0.25) is 11.8 Å². The summed E-state index contributed by atoms with van der Waals surface area (Å²) in [5, 5.41) is 8.95. The molecule has 2 heterocycles. The number of rotatable bonds is 3. The van der Waals surface area contributed by atoms with Crippen LogP contribution in [0.15, 0.2) is 18.2 Å². The molecule has 134 valence electrons. The second-order valence-corrected chi connectivity index (χ2v) is 6.97. The molecule has 4 amide bonds. The highest BCUT2D eigenvalue weighted by Crippen LogP contribution is 2.26. The first-order chi connectivity index (χ1) is 11.9. The maximum absolute atomic E-state index is 12.3. The van der Waals surface area contributed by atoms with Gasteiger partial charge in [-0.25, -0.2) is 4.79 Å². The highest BCUT2D eigenvalue weighted by molar-refractivity contribution is 6.35. The molecule has 2 saturated heterocycles. The Morgan fingerprint density at radius 2 is 2.12 bits per heavy atom. The number of halogens is 2. The van der Waals surface area contributed by atoms with Crippen LogP contribution in [0.1, 0.15) is 19.8 Å². The van der Waals surface area contributed by atoms with Gasteiger partial charge in [0, 0.05) is 11.6 Å². The molecule has 0 spiro atoms. The lowest BCUT2D eigenvalue weighted by Crippen LogP contribution is -2.60. The van der Waals surface area contributed by atoms with E-state index in [9.17, 15) is 14.4 Å². The Bertz CT molecular complexity index is 727. The molecule has 2 fully saturated rings. The topological polar surface area (TPSA) is 90.5 Å². The molecule has 0 saturated carbocycles. The van der Waals surface area contributed by atoms with Gasteiger partial charge >= 0.3 is 6.03 Å². The van der Waals surface area contributed by atoms with E-state index in [1.807, 2.05) is 6.92 Å². The van der Waals surface area contributed by atoms with Gasteiger partial charge in [-0.1, -0.05) is 30.1 Å². The summed E-state index contributed by atoms with van der Waals surface area (Å²) in [6.45, 7) is 2.15. The summed E-state index contributed by atoms with van der Waals surface area (Å²) in [5.41, 5.74) is 0.391. The smallest absolute Gasteiger partial charge is 0.319 e. The van der Waals surface area contributed by atoms with E-state index in [0.717, 1.165) is 0 Å². The number of carbonyl (C=O) groups is 3. The molecular formula is C16H18Cl2N4O3. The highest BCUT2D eigenvalue weighted by atomic mass is 35.5. The van der Waals surface area contributed by atoms with Crippen molar-refractivity contribution in [1.82, 2.24) is 15.5 Å². The second kappa shape index (κ2) is 7.09. The maximum Gasteiger partial charge on any atom is 0.319 e. The van der Waals surface area contributed by atoms with Crippen molar-refractivity contribution >= 4 is 46.7 Å². The van der Waals surface area contributed by atoms with Crippen LogP contribution >= 0.6 is 23.2 Å². The quantitative estimate of drug-likeness (QED) is 0.743. The Hall–Kier alpha value is -1.99. The first kappa shape index (κ1) is 17.8. The molecule has 3 atom stereocenters. The molecule has 1 aromatic carbocycles. The number of fused-ring (bicyclic) bond motifs is 1. The average molecular weight is 385 g/mol. The number of anilines is 1. The fourth-order valence-electron chi connectivity index (χ4n) is 3.18. The third-order valence-corrected chi connectivity index (χ3v) is 4.99. The zero-order chi connectivity index (χ0) is 18.1. The summed E-state index contributed by atoms with van der Waals surface area (Å²) in [6.07, 6.45) is 0.921. The molecule has 1 aromatic rings. The van der Waals surface area contributed by atoms with Gasteiger partial charge in [-0.15, -0.1) is 0 Å². The SMILES string of the molecule is CC[C@@H]1NC(=O)[C@@H]2C[C@H](NC(=O)Nc3cc(Cl)ccc3Cl)CN2C1=O. The molecule has 9 heteroatoms. The minimum absolute atomic E-state index is 0.102. The van der Waals surface area contributed by atoms with Crippen LogP contribution in [0.3, 0.4) is 0 Å². The van der Waals surface area contributed by atoms with Crippen LogP contribution in [-0.4, -0.2) is 47.4 Å². The summed E-state index contributed by atoms with van der Waals surface area (Å²) in [7, 11) is 0. The molecule has 0 aromatic heterocycles. The molecule has 3 rings (SSSR count). The number of nitrogens with zero attached hydrogens (tertiary/aromatic N) is 1. The molecule has 2 aliphatic heterocycles. The third-order valence-electron chi connectivity index (χ3n) is 4.42. The molecular weight excluding hydrogens is 367 g/mol.